The minimum absolute atomic E-state index is 0.0508. The summed E-state index contributed by atoms with van der Waals surface area (Å²) in [5, 5.41) is 13.6. The Labute approximate surface area is 175 Å². The third-order valence-corrected chi connectivity index (χ3v) is 5.94. The number of carbonyl (C=O) groups is 1. The quantitative estimate of drug-likeness (QED) is 0.407. The molecule has 0 saturated carbocycles. The monoisotopic (exact) mass is 414 g/mol. The van der Waals surface area contributed by atoms with Gasteiger partial charge in [0.25, 0.3) is 5.69 Å². The highest BCUT2D eigenvalue weighted by molar-refractivity contribution is 8.00. The van der Waals surface area contributed by atoms with Crippen molar-refractivity contribution in [3.05, 3.63) is 69.8 Å². The Balaban J connectivity index is 1.39. The predicted molar refractivity (Wildman–Crippen MR) is 115 cm³/mol. The molecule has 29 heavy (non-hydrogen) atoms. The molecule has 0 aliphatic carbocycles. The Hall–Kier alpha value is -2.42. The number of likely N-dealkylation sites (N-methyl/N-ethyl adjacent to an activating group) is 1. The van der Waals surface area contributed by atoms with E-state index in [-0.39, 0.29) is 17.3 Å². The fraction of sp³-hybridized carbons (Fsp3) is 0.381. The summed E-state index contributed by atoms with van der Waals surface area (Å²) >= 11 is 1.36. The molecule has 1 saturated heterocycles. The van der Waals surface area contributed by atoms with E-state index in [1.54, 1.807) is 12.1 Å². The highest BCUT2D eigenvalue weighted by Gasteiger charge is 2.13. The van der Waals surface area contributed by atoms with Crippen LogP contribution in [0.4, 0.5) is 5.69 Å². The van der Waals surface area contributed by atoms with Crippen LogP contribution in [0.15, 0.2) is 53.4 Å². The van der Waals surface area contributed by atoms with Crippen LogP contribution in [-0.2, 0) is 17.9 Å². The zero-order valence-corrected chi connectivity index (χ0v) is 17.4. The summed E-state index contributed by atoms with van der Waals surface area (Å²) in [5.41, 5.74) is 2.41. The van der Waals surface area contributed by atoms with Gasteiger partial charge in [-0.05, 0) is 30.3 Å². The van der Waals surface area contributed by atoms with Crippen LogP contribution in [0.25, 0.3) is 0 Å². The van der Waals surface area contributed by atoms with Gasteiger partial charge in [0.1, 0.15) is 0 Å². The normalized spacial score (nSPS) is 15.2. The molecule has 2 aromatic rings. The lowest BCUT2D eigenvalue weighted by atomic mass is 10.1. The van der Waals surface area contributed by atoms with E-state index in [2.05, 4.69) is 46.4 Å². The van der Waals surface area contributed by atoms with Crippen molar-refractivity contribution in [1.82, 2.24) is 15.1 Å². The summed E-state index contributed by atoms with van der Waals surface area (Å²) in [6, 6.07) is 14.6. The van der Waals surface area contributed by atoms with Crippen LogP contribution in [-0.4, -0.2) is 59.6 Å². The number of hydrogen-bond acceptors (Lipinski definition) is 6. The molecule has 1 heterocycles. The van der Waals surface area contributed by atoms with E-state index in [4.69, 9.17) is 0 Å². The molecule has 0 unspecified atom stereocenters. The van der Waals surface area contributed by atoms with Gasteiger partial charge in [-0.15, -0.1) is 11.8 Å². The second-order valence-corrected chi connectivity index (χ2v) is 8.26. The number of amides is 1. The number of nitro groups is 1. The van der Waals surface area contributed by atoms with E-state index in [9.17, 15) is 14.9 Å². The van der Waals surface area contributed by atoms with Crippen LogP contribution in [0, 0.1) is 10.1 Å². The molecule has 3 rings (SSSR count). The standard InChI is InChI=1S/C21H26N4O3S/c1-23-10-12-24(13-11-23)15-18-4-2-17(3-5-18)14-22-21(26)16-29-20-8-6-19(7-9-20)25(27)28/h2-9H,10-16H2,1H3,(H,22,26). The fourth-order valence-electron chi connectivity index (χ4n) is 3.09. The molecule has 0 bridgehead atoms. The number of non-ortho nitro benzene ring substituents is 1. The number of thioether (sulfide) groups is 1. The predicted octanol–water partition coefficient (Wildman–Crippen LogP) is 2.75. The van der Waals surface area contributed by atoms with Crippen molar-refractivity contribution in [3.8, 4) is 0 Å². The first kappa shape index (κ1) is 21.3. The van der Waals surface area contributed by atoms with Gasteiger partial charge in [0.15, 0.2) is 0 Å². The fourth-order valence-corrected chi connectivity index (χ4v) is 3.82. The highest BCUT2D eigenvalue weighted by Crippen LogP contribution is 2.21. The Morgan fingerprint density at radius 3 is 2.28 bits per heavy atom. The van der Waals surface area contributed by atoms with Gasteiger partial charge in [-0.1, -0.05) is 24.3 Å². The van der Waals surface area contributed by atoms with Gasteiger partial charge in [-0.3, -0.25) is 19.8 Å². The lowest BCUT2D eigenvalue weighted by molar-refractivity contribution is -0.384. The van der Waals surface area contributed by atoms with Crippen LogP contribution in [0.3, 0.4) is 0 Å². The van der Waals surface area contributed by atoms with Crippen molar-refractivity contribution in [2.45, 2.75) is 18.0 Å². The zero-order chi connectivity index (χ0) is 20.6. The Morgan fingerprint density at radius 2 is 1.66 bits per heavy atom. The second kappa shape index (κ2) is 10.4. The van der Waals surface area contributed by atoms with E-state index in [1.165, 1.54) is 29.5 Å². The molecular formula is C21H26N4O3S. The Morgan fingerprint density at radius 1 is 1.03 bits per heavy atom. The number of nitrogens with one attached hydrogen (secondary N) is 1. The number of hydrogen-bond donors (Lipinski definition) is 1. The number of rotatable bonds is 8. The number of nitro benzene ring substituents is 1. The number of carbonyl (C=O) groups excluding carboxylic acids is 1. The van der Waals surface area contributed by atoms with Crippen molar-refractivity contribution in [2.24, 2.45) is 0 Å². The number of benzene rings is 2. The summed E-state index contributed by atoms with van der Waals surface area (Å²) in [5.74, 6) is 0.217. The van der Waals surface area contributed by atoms with Gasteiger partial charge in [0, 0.05) is 56.3 Å². The van der Waals surface area contributed by atoms with Crippen molar-refractivity contribution in [3.63, 3.8) is 0 Å². The third-order valence-electron chi connectivity index (χ3n) is 4.93. The average molecular weight is 415 g/mol. The molecule has 0 aromatic heterocycles. The van der Waals surface area contributed by atoms with E-state index in [1.807, 2.05) is 0 Å². The maximum atomic E-state index is 12.1. The molecule has 7 nitrogen and oxygen atoms in total. The molecule has 1 N–H and O–H groups in total. The molecular weight excluding hydrogens is 388 g/mol. The summed E-state index contributed by atoms with van der Waals surface area (Å²) in [4.78, 5) is 27.9. The first-order valence-corrected chi connectivity index (χ1v) is 10.6. The molecule has 1 aliphatic heterocycles. The maximum Gasteiger partial charge on any atom is 0.269 e. The molecule has 1 amide bonds. The van der Waals surface area contributed by atoms with Crippen molar-refractivity contribution < 1.29 is 9.72 Å². The second-order valence-electron chi connectivity index (χ2n) is 7.21. The molecule has 8 heteroatoms. The smallest absolute Gasteiger partial charge is 0.269 e. The van der Waals surface area contributed by atoms with Gasteiger partial charge < -0.3 is 10.2 Å². The van der Waals surface area contributed by atoms with Crippen molar-refractivity contribution in [2.75, 3.05) is 39.0 Å². The molecule has 1 aliphatic rings. The summed E-state index contributed by atoms with van der Waals surface area (Å²) in [6.07, 6.45) is 0. The first-order valence-electron chi connectivity index (χ1n) is 9.62. The summed E-state index contributed by atoms with van der Waals surface area (Å²) in [6.45, 7) is 5.88. The van der Waals surface area contributed by atoms with E-state index in [0.29, 0.717) is 6.54 Å². The minimum atomic E-state index is -0.433. The van der Waals surface area contributed by atoms with Crippen molar-refractivity contribution >= 4 is 23.4 Å². The minimum Gasteiger partial charge on any atom is -0.351 e. The largest absolute Gasteiger partial charge is 0.351 e. The van der Waals surface area contributed by atoms with E-state index >= 15 is 0 Å². The van der Waals surface area contributed by atoms with E-state index in [0.717, 1.165) is 43.2 Å². The lowest BCUT2D eigenvalue weighted by Gasteiger charge is -2.32. The van der Waals surface area contributed by atoms with Crippen molar-refractivity contribution in [1.29, 1.82) is 0 Å². The lowest BCUT2D eigenvalue weighted by Crippen LogP contribution is -2.43. The first-order chi connectivity index (χ1) is 14.0. The summed E-state index contributed by atoms with van der Waals surface area (Å²) < 4.78 is 0. The van der Waals surface area contributed by atoms with E-state index < -0.39 is 4.92 Å². The van der Waals surface area contributed by atoms with Crippen LogP contribution < -0.4 is 5.32 Å². The molecule has 2 aromatic carbocycles. The number of nitrogens with zero attached hydrogens (tertiary/aromatic N) is 3. The Bertz CT molecular complexity index is 819. The maximum absolute atomic E-state index is 12.1. The van der Waals surface area contributed by atoms with Crippen LogP contribution in [0.5, 0.6) is 0 Å². The topological polar surface area (TPSA) is 78.7 Å². The molecule has 154 valence electrons. The number of piperazine rings is 1. The van der Waals surface area contributed by atoms with Crippen LogP contribution in [0.1, 0.15) is 11.1 Å². The third kappa shape index (κ3) is 6.85. The van der Waals surface area contributed by atoms with Gasteiger partial charge in [-0.25, -0.2) is 0 Å². The summed E-state index contributed by atoms with van der Waals surface area (Å²) in [7, 11) is 2.16. The van der Waals surface area contributed by atoms with Gasteiger partial charge in [0.05, 0.1) is 10.7 Å². The Kier molecular flexibility index (Phi) is 7.62. The zero-order valence-electron chi connectivity index (χ0n) is 16.5. The van der Waals surface area contributed by atoms with Gasteiger partial charge in [0.2, 0.25) is 5.91 Å². The molecule has 0 radical (unpaired) electrons. The van der Waals surface area contributed by atoms with Gasteiger partial charge >= 0.3 is 0 Å². The van der Waals surface area contributed by atoms with Gasteiger partial charge in [-0.2, -0.15) is 0 Å². The van der Waals surface area contributed by atoms with Crippen LogP contribution >= 0.6 is 11.8 Å². The van der Waals surface area contributed by atoms with Crippen LogP contribution in [0.2, 0.25) is 0 Å². The SMILES string of the molecule is CN1CCN(Cc2ccc(CNC(=O)CSc3ccc([N+](=O)[O-])cc3)cc2)CC1. The molecule has 1 fully saturated rings. The molecule has 0 atom stereocenters. The average Bonchev–Trinajstić information content (AvgIpc) is 2.73. The highest BCUT2D eigenvalue weighted by atomic mass is 32.2. The molecule has 0 spiro atoms.